The molecule has 0 unspecified atom stereocenters. The summed E-state index contributed by atoms with van der Waals surface area (Å²) in [7, 11) is 6.56. The molecule has 0 aromatic rings. The highest BCUT2D eigenvalue weighted by Gasteiger charge is 2.08. The van der Waals surface area contributed by atoms with E-state index in [9.17, 15) is 4.79 Å². The van der Waals surface area contributed by atoms with E-state index >= 15 is 0 Å². The number of allylic oxidation sites excluding steroid dienone is 2. The van der Waals surface area contributed by atoms with Gasteiger partial charge in [-0.3, -0.25) is 4.79 Å². The first-order valence-corrected chi connectivity index (χ1v) is 10.4. The van der Waals surface area contributed by atoms with Crippen molar-refractivity contribution in [1.29, 1.82) is 0 Å². The molecule has 0 fully saturated rings. The van der Waals surface area contributed by atoms with Crippen LogP contribution < -0.4 is 12.4 Å². The fourth-order valence-corrected chi connectivity index (χ4v) is 2.91. The van der Waals surface area contributed by atoms with Gasteiger partial charge in [0.25, 0.3) is 0 Å². The zero-order chi connectivity index (χ0) is 18.1. The molecule has 0 heterocycles. The first kappa shape index (κ1) is 26.9. The minimum absolute atomic E-state index is 0. The molecule has 0 aliphatic carbocycles. The van der Waals surface area contributed by atoms with E-state index < -0.39 is 0 Å². The van der Waals surface area contributed by atoms with Gasteiger partial charge in [-0.15, -0.1) is 0 Å². The first-order chi connectivity index (χ1) is 11.5. The van der Waals surface area contributed by atoms with E-state index in [2.05, 4.69) is 40.2 Å². The van der Waals surface area contributed by atoms with Crippen molar-refractivity contribution < 1.29 is 21.7 Å². The summed E-state index contributed by atoms with van der Waals surface area (Å²) in [6, 6.07) is 0. The molecule has 150 valence electrons. The molecule has 0 aromatic heterocycles. The van der Waals surface area contributed by atoms with Gasteiger partial charge in [0.15, 0.2) is 0 Å². The van der Waals surface area contributed by atoms with Crippen LogP contribution in [-0.4, -0.2) is 38.0 Å². The van der Waals surface area contributed by atoms with Crippen LogP contribution in [0.25, 0.3) is 0 Å². The fourth-order valence-electron chi connectivity index (χ4n) is 2.91. The summed E-state index contributed by atoms with van der Waals surface area (Å²) in [6.07, 6.45) is 21.5. The second-order valence-corrected chi connectivity index (χ2v) is 8.28. The topological polar surface area (TPSA) is 17.1 Å². The Bertz CT molecular complexity index is 320. The van der Waals surface area contributed by atoms with Crippen LogP contribution >= 0.6 is 0 Å². The molecule has 0 radical (unpaired) electrons. The van der Waals surface area contributed by atoms with Crippen LogP contribution in [0.4, 0.5) is 0 Å². The van der Waals surface area contributed by atoms with Crippen LogP contribution in [0.15, 0.2) is 12.2 Å². The van der Waals surface area contributed by atoms with Crippen LogP contribution in [0.1, 0.15) is 96.8 Å². The third kappa shape index (κ3) is 23.7. The highest BCUT2D eigenvalue weighted by molar-refractivity contribution is 5.78. The van der Waals surface area contributed by atoms with Crippen LogP contribution in [0.5, 0.6) is 0 Å². The van der Waals surface area contributed by atoms with Crippen LogP contribution in [-0.2, 0) is 4.79 Å². The first-order valence-electron chi connectivity index (χ1n) is 10.4. The molecule has 0 amide bonds. The van der Waals surface area contributed by atoms with Crippen LogP contribution in [0.2, 0.25) is 0 Å². The quantitative estimate of drug-likeness (QED) is 0.217. The van der Waals surface area contributed by atoms with Crippen molar-refractivity contribution in [3.05, 3.63) is 12.2 Å². The predicted molar refractivity (Wildman–Crippen MR) is 107 cm³/mol. The van der Waals surface area contributed by atoms with Gasteiger partial charge in [-0.05, 0) is 32.1 Å². The SMILES string of the molecule is CCCCCC/C=C\CCCCCCCC(=O)CCC[N+](C)(C)C.[Cl-]. The molecule has 0 atom stereocenters. The molecule has 2 nitrogen and oxygen atoms in total. The van der Waals surface area contributed by atoms with Gasteiger partial charge in [0.1, 0.15) is 5.78 Å². The maximum atomic E-state index is 11.8. The van der Waals surface area contributed by atoms with Gasteiger partial charge in [-0.2, -0.15) is 0 Å². The number of quaternary nitrogens is 1. The van der Waals surface area contributed by atoms with E-state index in [0.717, 1.165) is 36.7 Å². The standard InChI is InChI=1S/C22H44NO.ClH/c1-5-6-7-8-9-10-11-12-13-14-15-16-17-19-22(24)20-18-21-23(2,3)4;/h10-11H,5-9,12-21H2,1-4H3;1H/q+1;/p-1/b11-10-;. The van der Waals surface area contributed by atoms with Crippen molar-refractivity contribution in [2.75, 3.05) is 27.7 Å². The molecule has 0 aliphatic heterocycles. The highest BCUT2D eigenvalue weighted by atomic mass is 35.5. The smallest absolute Gasteiger partial charge is 0.133 e. The average Bonchev–Trinajstić information content (AvgIpc) is 2.50. The van der Waals surface area contributed by atoms with Crippen LogP contribution in [0, 0.1) is 0 Å². The Hall–Kier alpha value is -0.340. The molecule has 0 aliphatic rings. The summed E-state index contributed by atoms with van der Waals surface area (Å²) in [5.41, 5.74) is 0. The van der Waals surface area contributed by atoms with Crippen LogP contribution in [0.3, 0.4) is 0 Å². The van der Waals surface area contributed by atoms with E-state index in [1.54, 1.807) is 0 Å². The maximum Gasteiger partial charge on any atom is 0.133 e. The van der Waals surface area contributed by atoms with Crippen molar-refractivity contribution >= 4 is 5.78 Å². The highest BCUT2D eigenvalue weighted by Crippen LogP contribution is 2.10. The number of carbonyl (C=O) groups excluding carboxylic acids is 1. The van der Waals surface area contributed by atoms with E-state index in [1.807, 2.05) is 0 Å². The normalized spacial score (nSPS) is 11.7. The van der Waals surface area contributed by atoms with Gasteiger partial charge >= 0.3 is 0 Å². The van der Waals surface area contributed by atoms with Crippen molar-refractivity contribution in [3.8, 4) is 0 Å². The van der Waals surface area contributed by atoms with Gasteiger partial charge in [0.05, 0.1) is 27.7 Å². The minimum atomic E-state index is 0. The Morgan fingerprint density at radius 3 is 1.76 bits per heavy atom. The number of halogens is 1. The van der Waals surface area contributed by atoms with Crippen molar-refractivity contribution in [2.45, 2.75) is 96.8 Å². The lowest BCUT2D eigenvalue weighted by atomic mass is 10.0. The van der Waals surface area contributed by atoms with Gasteiger partial charge in [0, 0.05) is 19.3 Å². The third-order valence-electron chi connectivity index (χ3n) is 4.50. The largest absolute Gasteiger partial charge is 1.00 e. The number of nitrogens with zero attached hydrogens (tertiary/aromatic N) is 1. The van der Waals surface area contributed by atoms with Gasteiger partial charge in [-0.25, -0.2) is 0 Å². The number of hydrogen-bond donors (Lipinski definition) is 0. The number of Topliss-reactive ketones (excluding diaryl/α,β-unsaturated/α-hetero) is 1. The molecular formula is C22H44ClNO. The number of carbonyl (C=O) groups is 1. The third-order valence-corrected chi connectivity index (χ3v) is 4.50. The summed E-state index contributed by atoms with van der Waals surface area (Å²) in [4.78, 5) is 11.8. The van der Waals surface area contributed by atoms with Gasteiger partial charge in [0.2, 0.25) is 0 Å². The summed E-state index contributed by atoms with van der Waals surface area (Å²) in [6.45, 7) is 3.36. The van der Waals surface area contributed by atoms with E-state index in [0.29, 0.717) is 5.78 Å². The lowest BCUT2D eigenvalue weighted by molar-refractivity contribution is -0.870. The Labute approximate surface area is 164 Å². The Kier molecular flexibility index (Phi) is 19.8. The molecule has 25 heavy (non-hydrogen) atoms. The summed E-state index contributed by atoms with van der Waals surface area (Å²) >= 11 is 0. The Balaban J connectivity index is 0. The molecule has 0 bridgehead atoms. The Morgan fingerprint density at radius 1 is 0.720 bits per heavy atom. The maximum absolute atomic E-state index is 11.8. The number of unbranched alkanes of at least 4 members (excludes halogenated alkanes) is 9. The molecule has 0 saturated heterocycles. The second-order valence-electron chi connectivity index (χ2n) is 8.28. The molecule has 0 rings (SSSR count). The lowest BCUT2D eigenvalue weighted by Crippen LogP contribution is -3.00. The number of rotatable bonds is 17. The van der Waals surface area contributed by atoms with E-state index in [1.165, 1.54) is 64.2 Å². The van der Waals surface area contributed by atoms with E-state index in [-0.39, 0.29) is 12.4 Å². The summed E-state index contributed by atoms with van der Waals surface area (Å²) in [5.74, 6) is 0.467. The monoisotopic (exact) mass is 373 g/mol. The average molecular weight is 374 g/mol. The summed E-state index contributed by atoms with van der Waals surface area (Å²) < 4.78 is 0.959. The number of hydrogen-bond acceptors (Lipinski definition) is 1. The van der Waals surface area contributed by atoms with Crippen molar-refractivity contribution in [2.24, 2.45) is 0 Å². The second kappa shape index (κ2) is 18.5. The minimum Gasteiger partial charge on any atom is -1.00 e. The zero-order valence-electron chi connectivity index (χ0n) is 17.5. The van der Waals surface area contributed by atoms with Crippen molar-refractivity contribution in [3.63, 3.8) is 0 Å². The zero-order valence-corrected chi connectivity index (χ0v) is 18.3. The van der Waals surface area contributed by atoms with Gasteiger partial charge < -0.3 is 16.9 Å². The number of ketones is 1. The lowest BCUT2D eigenvalue weighted by Gasteiger charge is -2.23. The molecule has 3 heteroatoms. The molecular weight excluding hydrogens is 330 g/mol. The van der Waals surface area contributed by atoms with Gasteiger partial charge in [-0.1, -0.05) is 57.6 Å². The fraction of sp³-hybridized carbons (Fsp3) is 0.864. The molecule has 0 aromatic carbocycles. The molecule has 0 saturated carbocycles. The molecule has 0 N–H and O–H groups in total. The molecule has 0 spiro atoms. The Morgan fingerprint density at radius 2 is 1.20 bits per heavy atom. The summed E-state index contributed by atoms with van der Waals surface area (Å²) in [5, 5.41) is 0. The predicted octanol–water partition coefficient (Wildman–Crippen LogP) is 3.30. The van der Waals surface area contributed by atoms with Crippen molar-refractivity contribution in [1.82, 2.24) is 0 Å². The van der Waals surface area contributed by atoms with E-state index in [4.69, 9.17) is 0 Å².